The van der Waals surface area contributed by atoms with Gasteiger partial charge in [-0.05, 0) is 54.3 Å². The number of amides is 3. The van der Waals surface area contributed by atoms with Crippen molar-refractivity contribution < 1.29 is 9.59 Å². The molecule has 2 aromatic heterocycles. The highest BCUT2D eigenvalue weighted by Crippen LogP contribution is 2.52. The molecule has 162 valence electrons. The molecule has 0 unspecified atom stereocenters. The van der Waals surface area contributed by atoms with Crippen molar-refractivity contribution in [1.29, 1.82) is 0 Å². The zero-order valence-corrected chi connectivity index (χ0v) is 18.1. The van der Waals surface area contributed by atoms with Gasteiger partial charge in [0.1, 0.15) is 5.82 Å². The number of aromatic nitrogens is 2. The van der Waals surface area contributed by atoms with Gasteiger partial charge in [0, 0.05) is 43.2 Å². The highest BCUT2D eigenvalue weighted by atomic mass is 35.5. The molecule has 1 saturated heterocycles. The third-order valence-electron chi connectivity index (χ3n) is 6.09. The van der Waals surface area contributed by atoms with Gasteiger partial charge in [0.25, 0.3) is 5.91 Å². The third-order valence-corrected chi connectivity index (χ3v) is 6.35. The zero-order valence-electron chi connectivity index (χ0n) is 17.4. The van der Waals surface area contributed by atoms with E-state index in [-0.39, 0.29) is 17.5 Å². The van der Waals surface area contributed by atoms with E-state index in [0.717, 1.165) is 24.0 Å². The third kappa shape index (κ3) is 3.80. The number of rotatable bonds is 6. The van der Waals surface area contributed by atoms with Gasteiger partial charge in [-0.1, -0.05) is 29.8 Å². The van der Waals surface area contributed by atoms with Gasteiger partial charge in [-0.3, -0.25) is 14.7 Å². The first-order valence-corrected chi connectivity index (χ1v) is 10.9. The largest absolute Gasteiger partial charge is 0.348 e. The summed E-state index contributed by atoms with van der Waals surface area (Å²) in [6.45, 7) is 1.60. The molecule has 8 heteroatoms. The summed E-state index contributed by atoms with van der Waals surface area (Å²) in [4.78, 5) is 37.5. The first-order chi connectivity index (χ1) is 15.6. The van der Waals surface area contributed by atoms with Gasteiger partial charge in [-0.15, -0.1) is 0 Å². The normalized spacial score (nSPS) is 16.8. The van der Waals surface area contributed by atoms with Crippen molar-refractivity contribution in [3.63, 3.8) is 0 Å². The summed E-state index contributed by atoms with van der Waals surface area (Å²) >= 11 is 6.03. The van der Waals surface area contributed by atoms with Crippen LogP contribution in [0.25, 0.3) is 0 Å². The van der Waals surface area contributed by atoms with Crippen LogP contribution in [0.3, 0.4) is 0 Å². The Morgan fingerprint density at radius 2 is 1.88 bits per heavy atom. The molecule has 3 amide bonds. The maximum absolute atomic E-state index is 13.2. The van der Waals surface area contributed by atoms with Gasteiger partial charge in [0.2, 0.25) is 0 Å². The Labute approximate surface area is 191 Å². The molecule has 3 aromatic rings. The van der Waals surface area contributed by atoms with Gasteiger partial charge in [-0.2, -0.15) is 0 Å². The standard InChI is InChI=1S/C24H22ClN5O2/c25-20-6-4-19(5-7-20)24(9-10-24)30-13-12-29(23(30)32)21-8-3-17(14-27-21)15-28-22(31)18-2-1-11-26-16-18/h1-8,11,14,16H,9-10,12-13,15H2,(H,28,31). The molecule has 0 atom stereocenters. The van der Waals surface area contributed by atoms with Crippen LogP contribution in [-0.4, -0.2) is 39.9 Å². The lowest BCUT2D eigenvalue weighted by Crippen LogP contribution is -2.39. The average Bonchev–Trinajstić information content (AvgIpc) is 3.54. The molecule has 2 aliphatic rings. The second-order valence-electron chi connectivity index (χ2n) is 8.07. The molecule has 2 fully saturated rings. The molecule has 1 aliphatic heterocycles. The molecule has 5 rings (SSSR count). The predicted molar refractivity (Wildman–Crippen MR) is 121 cm³/mol. The Kier molecular flexibility index (Phi) is 5.27. The highest BCUT2D eigenvalue weighted by molar-refractivity contribution is 6.30. The zero-order chi connectivity index (χ0) is 22.1. The highest BCUT2D eigenvalue weighted by Gasteiger charge is 2.54. The molecule has 0 radical (unpaired) electrons. The number of carbonyl (C=O) groups is 2. The van der Waals surface area contributed by atoms with E-state index in [1.54, 1.807) is 29.4 Å². The molecular weight excluding hydrogens is 426 g/mol. The number of anilines is 1. The van der Waals surface area contributed by atoms with Crippen molar-refractivity contribution in [3.05, 3.63) is 88.8 Å². The fraction of sp³-hybridized carbons (Fsp3) is 0.250. The molecule has 0 bridgehead atoms. The van der Waals surface area contributed by atoms with Crippen LogP contribution in [0.5, 0.6) is 0 Å². The number of nitrogens with one attached hydrogen (secondary N) is 1. The van der Waals surface area contributed by atoms with Crippen LogP contribution in [0, 0.1) is 0 Å². The number of urea groups is 1. The minimum atomic E-state index is -0.229. The summed E-state index contributed by atoms with van der Waals surface area (Å²) < 4.78 is 0. The molecule has 1 saturated carbocycles. The van der Waals surface area contributed by atoms with E-state index in [1.807, 2.05) is 41.3 Å². The maximum Gasteiger partial charge on any atom is 0.326 e. The maximum atomic E-state index is 13.2. The summed E-state index contributed by atoms with van der Waals surface area (Å²) in [6.07, 6.45) is 6.76. The lowest BCUT2D eigenvalue weighted by Gasteiger charge is -2.28. The lowest BCUT2D eigenvalue weighted by molar-refractivity contribution is 0.0950. The van der Waals surface area contributed by atoms with Crippen molar-refractivity contribution in [2.45, 2.75) is 24.9 Å². The Balaban J connectivity index is 1.24. The lowest BCUT2D eigenvalue weighted by atomic mass is 10.0. The summed E-state index contributed by atoms with van der Waals surface area (Å²) in [5.74, 6) is 0.427. The van der Waals surface area contributed by atoms with Crippen molar-refractivity contribution in [3.8, 4) is 0 Å². The summed E-state index contributed by atoms with van der Waals surface area (Å²) in [7, 11) is 0. The van der Waals surface area contributed by atoms with E-state index in [2.05, 4.69) is 15.3 Å². The first-order valence-electron chi connectivity index (χ1n) is 10.6. The SMILES string of the molecule is O=C(NCc1ccc(N2CCN(C3(c4ccc(Cl)cc4)CC3)C2=O)nc1)c1cccnc1. The van der Waals surface area contributed by atoms with E-state index in [1.165, 1.54) is 6.20 Å². The van der Waals surface area contributed by atoms with Crippen LogP contribution < -0.4 is 10.2 Å². The number of nitrogens with zero attached hydrogens (tertiary/aromatic N) is 4. The van der Waals surface area contributed by atoms with Gasteiger partial charge < -0.3 is 10.2 Å². The van der Waals surface area contributed by atoms with E-state index < -0.39 is 0 Å². The smallest absolute Gasteiger partial charge is 0.326 e. The Bertz CT molecular complexity index is 1130. The van der Waals surface area contributed by atoms with Gasteiger partial charge in [-0.25, -0.2) is 9.78 Å². The molecule has 1 aromatic carbocycles. The number of hydrogen-bond donors (Lipinski definition) is 1. The van der Waals surface area contributed by atoms with Gasteiger partial charge in [0.05, 0.1) is 11.1 Å². The minimum absolute atomic E-state index is 0.0254. The molecule has 1 aliphatic carbocycles. The molecule has 32 heavy (non-hydrogen) atoms. The van der Waals surface area contributed by atoms with Gasteiger partial charge >= 0.3 is 6.03 Å². The van der Waals surface area contributed by atoms with Crippen LogP contribution in [0.2, 0.25) is 5.02 Å². The van der Waals surface area contributed by atoms with E-state index in [0.29, 0.717) is 36.0 Å². The molecule has 1 N–H and O–H groups in total. The van der Waals surface area contributed by atoms with Crippen molar-refractivity contribution in [1.82, 2.24) is 20.2 Å². The molecular formula is C24H22ClN5O2. The quantitative estimate of drug-likeness (QED) is 0.619. The van der Waals surface area contributed by atoms with E-state index >= 15 is 0 Å². The second-order valence-corrected chi connectivity index (χ2v) is 8.51. The fourth-order valence-electron chi connectivity index (χ4n) is 4.20. The molecule has 7 nitrogen and oxygen atoms in total. The number of benzene rings is 1. The van der Waals surface area contributed by atoms with Crippen LogP contribution in [0.1, 0.15) is 34.3 Å². The molecule has 3 heterocycles. The monoisotopic (exact) mass is 447 g/mol. The van der Waals surface area contributed by atoms with Crippen molar-refractivity contribution in [2.24, 2.45) is 0 Å². The van der Waals surface area contributed by atoms with Crippen LogP contribution in [0.15, 0.2) is 67.1 Å². The Morgan fingerprint density at radius 3 is 2.53 bits per heavy atom. The van der Waals surface area contributed by atoms with Crippen LogP contribution >= 0.6 is 11.6 Å². The summed E-state index contributed by atoms with van der Waals surface area (Å²) in [5.41, 5.74) is 2.26. The summed E-state index contributed by atoms with van der Waals surface area (Å²) in [6, 6.07) is 14.9. The van der Waals surface area contributed by atoms with E-state index in [9.17, 15) is 9.59 Å². The van der Waals surface area contributed by atoms with Crippen molar-refractivity contribution in [2.75, 3.05) is 18.0 Å². The topological polar surface area (TPSA) is 78.4 Å². The average molecular weight is 448 g/mol. The number of hydrogen-bond acceptors (Lipinski definition) is 4. The van der Waals surface area contributed by atoms with Crippen LogP contribution in [-0.2, 0) is 12.1 Å². The minimum Gasteiger partial charge on any atom is -0.348 e. The summed E-state index contributed by atoms with van der Waals surface area (Å²) in [5, 5.41) is 3.55. The molecule has 0 spiro atoms. The first kappa shape index (κ1) is 20.5. The van der Waals surface area contributed by atoms with Crippen molar-refractivity contribution >= 4 is 29.4 Å². The van der Waals surface area contributed by atoms with E-state index in [4.69, 9.17) is 11.6 Å². The predicted octanol–water partition coefficient (Wildman–Crippen LogP) is 3.99. The Morgan fingerprint density at radius 1 is 1.06 bits per heavy atom. The number of pyridine rings is 2. The van der Waals surface area contributed by atoms with Crippen LogP contribution in [0.4, 0.5) is 10.6 Å². The number of carbonyl (C=O) groups excluding carboxylic acids is 2. The fourth-order valence-corrected chi connectivity index (χ4v) is 4.33. The second kappa shape index (κ2) is 8.24. The number of halogens is 1. The Hall–Kier alpha value is -3.45. The van der Waals surface area contributed by atoms with Gasteiger partial charge in [0.15, 0.2) is 0 Å².